The van der Waals surface area contributed by atoms with E-state index in [-0.39, 0.29) is 11.8 Å². The average molecular weight is 300 g/mol. The van der Waals surface area contributed by atoms with Crippen molar-refractivity contribution in [1.29, 1.82) is 0 Å². The van der Waals surface area contributed by atoms with E-state index in [1.54, 1.807) is 24.1 Å². The minimum absolute atomic E-state index is 0.201. The SMILES string of the molecule is CCc1cccc(C)c1NC(=O)N(C)Cc1cccc(F)c1. The number of hydrogen-bond acceptors (Lipinski definition) is 1. The Balaban J connectivity index is 2.09. The molecule has 2 aromatic carbocycles. The van der Waals surface area contributed by atoms with Crippen LogP contribution in [0.5, 0.6) is 0 Å². The number of rotatable bonds is 4. The minimum Gasteiger partial charge on any atom is -0.323 e. The highest BCUT2D eigenvalue weighted by atomic mass is 19.1. The average Bonchev–Trinajstić information content (AvgIpc) is 2.49. The fourth-order valence-electron chi connectivity index (χ4n) is 2.39. The number of anilines is 1. The number of amides is 2. The van der Waals surface area contributed by atoms with Crippen molar-refractivity contribution in [1.82, 2.24) is 4.90 Å². The molecule has 2 rings (SSSR count). The van der Waals surface area contributed by atoms with E-state index in [0.29, 0.717) is 6.54 Å². The predicted molar refractivity (Wildman–Crippen MR) is 87.4 cm³/mol. The number of nitrogens with zero attached hydrogens (tertiary/aromatic N) is 1. The summed E-state index contributed by atoms with van der Waals surface area (Å²) in [7, 11) is 1.70. The van der Waals surface area contributed by atoms with Crippen molar-refractivity contribution in [2.75, 3.05) is 12.4 Å². The molecule has 2 aromatic rings. The maximum absolute atomic E-state index is 13.2. The van der Waals surface area contributed by atoms with E-state index in [0.717, 1.165) is 28.8 Å². The van der Waals surface area contributed by atoms with Gasteiger partial charge in [-0.1, -0.05) is 37.3 Å². The van der Waals surface area contributed by atoms with Gasteiger partial charge in [-0.2, -0.15) is 0 Å². The lowest BCUT2D eigenvalue weighted by Gasteiger charge is -2.20. The molecule has 0 aliphatic carbocycles. The molecule has 0 saturated heterocycles. The van der Waals surface area contributed by atoms with Crippen molar-refractivity contribution < 1.29 is 9.18 Å². The third-order valence-corrected chi connectivity index (χ3v) is 3.63. The molecule has 3 nitrogen and oxygen atoms in total. The van der Waals surface area contributed by atoms with E-state index in [1.165, 1.54) is 12.1 Å². The van der Waals surface area contributed by atoms with E-state index in [2.05, 4.69) is 12.2 Å². The zero-order valence-corrected chi connectivity index (χ0v) is 13.2. The summed E-state index contributed by atoms with van der Waals surface area (Å²) in [5, 5.41) is 2.96. The third-order valence-electron chi connectivity index (χ3n) is 3.63. The molecular formula is C18H21FN2O. The molecule has 2 amide bonds. The normalized spacial score (nSPS) is 10.4. The van der Waals surface area contributed by atoms with Crippen molar-refractivity contribution in [2.24, 2.45) is 0 Å². The number of benzene rings is 2. The van der Waals surface area contributed by atoms with Crippen molar-refractivity contribution >= 4 is 11.7 Å². The smallest absolute Gasteiger partial charge is 0.321 e. The highest BCUT2D eigenvalue weighted by Crippen LogP contribution is 2.21. The summed E-state index contributed by atoms with van der Waals surface area (Å²) >= 11 is 0. The number of nitrogens with one attached hydrogen (secondary N) is 1. The van der Waals surface area contributed by atoms with E-state index in [1.807, 2.05) is 25.1 Å². The summed E-state index contributed by atoms with van der Waals surface area (Å²) in [6.45, 7) is 4.39. The number of carbonyl (C=O) groups is 1. The lowest BCUT2D eigenvalue weighted by Crippen LogP contribution is -2.31. The summed E-state index contributed by atoms with van der Waals surface area (Å²) in [6, 6.07) is 12.1. The molecule has 22 heavy (non-hydrogen) atoms. The zero-order valence-electron chi connectivity index (χ0n) is 13.2. The monoisotopic (exact) mass is 300 g/mol. The molecule has 1 N–H and O–H groups in total. The summed E-state index contributed by atoms with van der Waals surface area (Å²) in [6.07, 6.45) is 0.852. The first kappa shape index (κ1) is 16.0. The van der Waals surface area contributed by atoms with Gasteiger partial charge in [0.2, 0.25) is 0 Å². The number of urea groups is 1. The van der Waals surface area contributed by atoms with Crippen LogP contribution in [0.3, 0.4) is 0 Å². The van der Waals surface area contributed by atoms with E-state index < -0.39 is 0 Å². The van der Waals surface area contributed by atoms with E-state index in [4.69, 9.17) is 0 Å². The molecule has 0 aliphatic rings. The van der Waals surface area contributed by atoms with Gasteiger partial charge in [-0.3, -0.25) is 0 Å². The Morgan fingerprint density at radius 3 is 2.64 bits per heavy atom. The van der Waals surface area contributed by atoms with Crippen LogP contribution < -0.4 is 5.32 Å². The Labute approximate surface area is 130 Å². The number of halogens is 1. The second kappa shape index (κ2) is 7.07. The first-order valence-electron chi connectivity index (χ1n) is 7.36. The minimum atomic E-state index is -0.293. The number of hydrogen-bond donors (Lipinski definition) is 1. The molecule has 0 atom stereocenters. The Hall–Kier alpha value is -2.36. The van der Waals surface area contributed by atoms with Gasteiger partial charge in [0.05, 0.1) is 0 Å². The van der Waals surface area contributed by atoms with E-state index >= 15 is 0 Å². The maximum Gasteiger partial charge on any atom is 0.321 e. The van der Waals surface area contributed by atoms with Gasteiger partial charge < -0.3 is 10.2 Å². The molecule has 0 radical (unpaired) electrons. The quantitative estimate of drug-likeness (QED) is 0.894. The van der Waals surface area contributed by atoms with Crippen LogP contribution in [0.1, 0.15) is 23.6 Å². The lowest BCUT2D eigenvalue weighted by molar-refractivity contribution is 0.220. The van der Waals surface area contributed by atoms with Crippen LogP contribution in [0.15, 0.2) is 42.5 Å². The third kappa shape index (κ3) is 3.85. The van der Waals surface area contributed by atoms with Crippen LogP contribution in [-0.4, -0.2) is 18.0 Å². The maximum atomic E-state index is 13.2. The highest BCUT2D eigenvalue weighted by molar-refractivity contribution is 5.90. The summed E-state index contributed by atoms with van der Waals surface area (Å²) in [4.78, 5) is 13.9. The van der Waals surface area contributed by atoms with Gasteiger partial charge in [-0.15, -0.1) is 0 Å². The number of para-hydroxylation sites is 1. The van der Waals surface area contributed by atoms with Crippen molar-refractivity contribution in [3.05, 3.63) is 65.0 Å². The zero-order chi connectivity index (χ0) is 16.1. The molecule has 0 aromatic heterocycles. The first-order chi connectivity index (χ1) is 10.5. The second-order valence-electron chi connectivity index (χ2n) is 5.38. The molecule has 0 bridgehead atoms. The summed E-state index contributed by atoms with van der Waals surface area (Å²) in [5.41, 5.74) is 3.76. The molecule has 0 unspecified atom stereocenters. The molecule has 0 heterocycles. The van der Waals surface area contributed by atoms with Gasteiger partial charge in [-0.25, -0.2) is 9.18 Å². The Morgan fingerprint density at radius 1 is 1.23 bits per heavy atom. The van der Waals surface area contributed by atoms with Gasteiger partial charge >= 0.3 is 6.03 Å². The molecule has 0 aliphatic heterocycles. The van der Waals surface area contributed by atoms with Crippen molar-refractivity contribution in [2.45, 2.75) is 26.8 Å². The van der Waals surface area contributed by atoms with Gasteiger partial charge in [0.15, 0.2) is 0 Å². The number of carbonyl (C=O) groups excluding carboxylic acids is 1. The van der Waals surface area contributed by atoms with Crippen LogP contribution in [0.4, 0.5) is 14.9 Å². The van der Waals surface area contributed by atoms with Gasteiger partial charge in [0.1, 0.15) is 5.82 Å². The Morgan fingerprint density at radius 2 is 1.95 bits per heavy atom. The predicted octanol–water partition coefficient (Wildman–Crippen LogP) is 4.36. The van der Waals surface area contributed by atoms with Crippen LogP contribution in [-0.2, 0) is 13.0 Å². The summed E-state index contributed by atoms with van der Waals surface area (Å²) in [5.74, 6) is -0.293. The molecule has 4 heteroatoms. The standard InChI is InChI=1S/C18H21FN2O/c1-4-15-9-5-7-13(2)17(15)20-18(22)21(3)12-14-8-6-10-16(19)11-14/h5-11H,4,12H2,1-3H3,(H,20,22). The topological polar surface area (TPSA) is 32.3 Å². The van der Waals surface area contributed by atoms with Gasteiger partial charge in [0, 0.05) is 19.3 Å². The summed E-state index contributed by atoms with van der Waals surface area (Å²) < 4.78 is 13.2. The van der Waals surface area contributed by atoms with Crippen LogP contribution in [0.25, 0.3) is 0 Å². The number of aryl methyl sites for hydroxylation is 2. The van der Waals surface area contributed by atoms with Crippen LogP contribution in [0, 0.1) is 12.7 Å². The second-order valence-corrected chi connectivity index (χ2v) is 5.38. The molecule has 0 saturated carbocycles. The van der Waals surface area contributed by atoms with Crippen molar-refractivity contribution in [3.8, 4) is 0 Å². The molecule has 0 fully saturated rings. The van der Waals surface area contributed by atoms with E-state index in [9.17, 15) is 9.18 Å². The van der Waals surface area contributed by atoms with Crippen LogP contribution >= 0.6 is 0 Å². The largest absolute Gasteiger partial charge is 0.323 e. The lowest BCUT2D eigenvalue weighted by atomic mass is 10.1. The van der Waals surface area contributed by atoms with Crippen LogP contribution in [0.2, 0.25) is 0 Å². The fourth-order valence-corrected chi connectivity index (χ4v) is 2.39. The molecule has 116 valence electrons. The van der Waals surface area contributed by atoms with Gasteiger partial charge in [-0.05, 0) is 42.2 Å². The van der Waals surface area contributed by atoms with Crippen molar-refractivity contribution in [3.63, 3.8) is 0 Å². The fraction of sp³-hybridized carbons (Fsp3) is 0.278. The Kier molecular flexibility index (Phi) is 5.15. The first-order valence-corrected chi connectivity index (χ1v) is 7.36. The van der Waals surface area contributed by atoms with Gasteiger partial charge in [0.25, 0.3) is 0 Å². The molecular weight excluding hydrogens is 279 g/mol. The molecule has 0 spiro atoms. The highest BCUT2D eigenvalue weighted by Gasteiger charge is 2.13. The Bertz CT molecular complexity index is 670.